The average molecular weight is 552 g/mol. The lowest BCUT2D eigenvalue weighted by atomic mass is 9.97. The molecule has 1 aliphatic carbocycles. The van der Waals surface area contributed by atoms with Gasteiger partial charge in [0.1, 0.15) is 23.2 Å². The smallest absolute Gasteiger partial charge is 0.420 e. The van der Waals surface area contributed by atoms with Crippen molar-refractivity contribution in [2.45, 2.75) is 44.1 Å². The Morgan fingerprint density at radius 1 is 1.05 bits per heavy atom. The first-order chi connectivity index (χ1) is 19.2. The Morgan fingerprint density at radius 2 is 1.88 bits per heavy atom. The molecule has 1 fully saturated rings. The highest BCUT2D eigenvalue weighted by Gasteiger charge is 2.36. The number of aliphatic hydroxyl groups excluding tert-OH is 1. The topological polar surface area (TPSA) is 89.0 Å². The maximum absolute atomic E-state index is 14.2. The first-order valence-electron chi connectivity index (χ1n) is 12.8. The van der Waals surface area contributed by atoms with E-state index in [2.05, 4.69) is 20.5 Å². The Morgan fingerprint density at radius 3 is 2.60 bits per heavy atom. The van der Waals surface area contributed by atoms with Gasteiger partial charge in [0.15, 0.2) is 11.4 Å². The number of halogens is 4. The van der Waals surface area contributed by atoms with Crippen LogP contribution < -0.4 is 5.32 Å². The van der Waals surface area contributed by atoms with Crippen LogP contribution in [0.15, 0.2) is 65.3 Å². The molecule has 1 saturated carbocycles. The molecule has 3 aromatic carbocycles. The molecule has 2 N–H and O–H groups in total. The fourth-order valence-electron chi connectivity index (χ4n) is 5.25. The van der Waals surface area contributed by atoms with E-state index in [1.54, 1.807) is 41.9 Å². The van der Waals surface area contributed by atoms with Crippen LogP contribution in [0.4, 0.5) is 17.6 Å². The molecule has 1 aliphatic rings. The van der Waals surface area contributed by atoms with Gasteiger partial charge in [-0.15, -0.1) is 10.2 Å². The minimum absolute atomic E-state index is 0.0287. The zero-order valence-corrected chi connectivity index (χ0v) is 21.4. The number of aromatic nitrogens is 4. The van der Waals surface area contributed by atoms with Crippen LogP contribution in [0.5, 0.6) is 0 Å². The minimum Gasteiger partial charge on any atom is -0.435 e. The van der Waals surface area contributed by atoms with Crippen LogP contribution in [0.25, 0.3) is 45.1 Å². The lowest BCUT2D eigenvalue weighted by Crippen LogP contribution is -2.35. The summed E-state index contributed by atoms with van der Waals surface area (Å²) in [5, 5.41) is 21.2. The van der Waals surface area contributed by atoms with Crippen molar-refractivity contribution in [3.8, 4) is 34.0 Å². The number of hydrogen-bond donors (Lipinski definition) is 2. The number of aliphatic hydroxyl groups is 1. The molecule has 0 aliphatic heterocycles. The SMILES string of the molecule is Cn1cnnc1-c1cc(F)ccc1-c1cccc(-c2nc3cc(CN[C@@H]4CCC[C@@H]4O)cc(C(F)(F)F)c3o2)c1. The molecule has 0 unspecified atom stereocenters. The first-order valence-corrected chi connectivity index (χ1v) is 12.8. The summed E-state index contributed by atoms with van der Waals surface area (Å²) in [5.74, 6) is 0.0492. The molecule has 0 bridgehead atoms. The molecular weight excluding hydrogens is 526 g/mol. The highest BCUT2D eigenvalue weighted by Crippen LogP contribution is 2.39. The van der Waals surface area contributed by atoms with Crippen LogP contribution in [0.2, 0.25) is 0 Å². The Balaban J connectivity index is 1.39. The number of alkyl halides is 3. The first kappa shape index (κ1) is 26.1. The third-order valence-electron chi connectivity index (χ3n) is 7.26. The molecule has 6 rings (SSSR count). The summed E-state index contributed by atoms with van der Waals surface area (Å²) in [6.45, 7) is 0.161. The fraction of sp³-hybridized carbons (Fsp3) is 0.276. The quantitative estimate of drug-likeness (QED) is 0.247. The number of nitrogens with zero attached hydrogens (tertiary/aromatic N) is 4. The second-order valence-corrected chi connectivity index (χ2v) is 10.0. The van der Waals surface area contributed by atoms with E-state index in [4.69, 9.17) is 4.42 Å². The zero-order valence-electron chi connectivity index (χ0n) is 21.4. The third-order valence-corrected chi connectivity index (χ3v) is 7.26. The van der Waals surface area contributed by atoms with Crippen molar-refractivity contribution in [2.75, 3.05) is 0 Å². The van der Waals surface area contributed by atoms with E-state index in [-0.39, 0.29) is 29.6 Å². The molecule has 7 nitrogen and oxygen atoms in total. The van der Waals surface area contributed by atoms with Crippen molar-refractivity contribution < 1.29 is 27.1 Å². The van der Waals surface area contributed by atoms with Crippen molar-refractivity contribution in [3.05, 3.63) is 77.9 Å². The number of fused-ring (bicyclic) bond motifs is 1. The van der Waals surface area contributed by atoms with Gasteiger partial charge >= 0.3 is 6.18 Å². The lowest BCUT2D eigenvalue weighted by molar-refractivity contribution is -0.136. The number of hydrogen-bond acceptors (Lipinski definition) is 6. The molecule has 2 aromatic heterocycles. The van der Waals surface area contributed by atoms with E-state index >= 15 is 0 Å². The molecule has 40 heavy (non-hydrogen) atoms. The van der Waals surface area contributed by atoms with Gasteiger partial charge in [0.05, 0.1) is 6.10 Å². The summed E-state index contributed by atoms with van der Waals surface area (Å²) in [7, 11) is 1.75. The number of aryl methyl sites for hydroxylation is 1. The highest BCUT2D eigenvalue weighted by atomic mass is 19.4. The van der Waals surface area contributed by atoms with Crippen LogP contribution in [0, 0.1) is 5.82 Å². The maximum Gasteiger partial charge on any atom is 0.420 e. The molecule has 2 heterocycles. The summed E-state index contributed by atoms with van der Waals surface area (Å²) in [6, 6.07) is 13.8. The van der Waals surface area contributed by atoms with E-state index in [0.29, 0.717) is 40.1 Å². The zero-order chi connectivity index (χ0) is 28.0. The van der Waals surface area contributed by atoms with Crippen LogP contribution in [0.3, 0.4) is 0 Å². The summed E-state index contributed by atoms with van der Waals surface area (Å²) >= 11 is 0. The Hall–Kier alpha value is -4.09. The van der Waals surface area contributed by atoms with Crippen molar-refractivity contribution in [1.29, 1.82) is 0 Å². The molecule has 5 aromatic rings. The van der Waals surface area contributed by atoms with Gasteiger partial charge in [0.2, 0.25) is 5.89 Å². The van der Waals surface area contributed by atoms with Gasteiger partial charge in [-0.2, -0.15) is 13.2 Å². The predicted molar refractivity (Wildman–Crippen MR) is 140 cm³/mol. The molecule has 0 spiro atoms. The number of rotatable bonds is 6. The van der Waals surface area contributed by atoms with Gasteiger partial charge < -0.3 is 19.4 Å². The molecule has 11 heteroatoms. The predicted octanol–water partition coefficient (Wildman–Crippen LogP) is 6.12. The average Bonchev–Trinajstić information content (AvgIpc) is 3.66. The van der Waals surface area contributed by atoms with E-state index in [0.717, 1.165) is 18.9 Å². The molecule has 206 valence electrons. The van der Waals surface area contributed by atoms with E-state index in [9.17, 15) is 22.7 Å². The maximum atomic E-state index is 14.2. The molecular formula is C29H25F4N5O2. The number of nitrogens with one attached hydrogen (secondary N) is 1. The molecule has 0 radical (unpaired) electrons. The van der Waals surface area contributed by atoms with Crippen LogP contribution in [-0.2, 0) is 19.8 Å². The van der Waals surface area contributed by atoms with Crippen molar-refractivity contribution >= 4 is 11.1 Å². The van der Waals surface area contributed by atoms with Crippen molar-refractivity contribution in [2.24, 2.45) is 7.05 Å². The van der Waals surface area contributed by atoms with E-state index < -0.39 is 23.7 Å². The van der Waals surface area contributed by atoms with Gasteiger partial charge in [-0.1, -0.05) is 18.2 Å². The normalized spacial score (nSPS) is 17.6. The van der Waals surface area contributed by atoms with Crippen molar-refractivity contribution in [3.63, 3.8) is 0 Å². The van der Waals surface area contributed by atoms with Crippen LogP contribution >= 0.6 is 0 Å². The minimum atomic E-state index is -4.65. The Bertz CT molecular complexity index is 1690. The van der Waals surface area contributed by atoms with Crippen LogP contribution in [0.1, 0.15) is 30.4 Å². The lowest BCUT2D eigenvalue weighted by Gasteiger charge is -2.17. The molecule has 0 amide bonds. The largest absolute Gasteiger partial charge is 0.435 e. The van der Waals surface area contributed by atoms with Gasteiger partial charge in [-0.3, -0.25) is 0 Å². The summed E-state index contributed by atoms with van der Waals surface area (Å²) in [6.07, 6.45) is -1.34. The van der Waals surface area contributed by atoms with Crippen LogP contribution in [-0.4, -0.2) is 37.0 Å². The number of benzene rings is 3. The summed E-state index contributed by atoms with van der Waals surface area (Å²) in [5.41, 5.74) is 1.53. The second kappa shape index (κ2) is 10.1. The van der Waals surface area contributed by atoms with Gasteiger partial charge in [0.25, 0.3) is 0 Å². The highest BCUT2D eigenvalue weighted by molar-refractivity contribution is 5.84. The van der Waals surface area contributed by atoms with E-state index in [1.807, 2.05) is 6.07 Å². The fourth-order valence-corrected chi connectivity index (χ4v) is 5.25. The van der Waals surface area contributed by atoms with Gasteiger partial charge in [-0.05, 0) is 72.4 Å². The second-order valence-electron chi connectivity index (χ2n) is 10.0. The Kier molecular flexibility index (Phi) is 6.63. The molecule has 0 saturated heterocycles. The Labute approximate surface area is 226 Å². The monoisotopic (exact) mass is 551 g/mol. The third kappa shape index (κ3) is 4.98. The standard InChI is InChI=1S/C29H25F4N5O2/c1-38-15-35-37-27(38)21-13-19(30)8-9-20(21)17-4-2-5-18(12-17)28-36-24-11-16(14-34-23-6-3-7-25(23)39)10-22(26(24)40-28)29(31,32)33/h2,4-5,8-13,15,23,25,34,39H,3,6-7,14H2,1H3/t23-,25+/m1/s1. The van der Waals surface area contributed by atoms with Crippen molar-refractivity contribution in [1.82, 2.24) is 25.1 Å². The summed E-state index contributed by atoms with van der Waals surface area (Å²) in [4.78, 5) is 4.42. The van der Waals surface area contributed by atoms with Gasteiger partial charge in [0, 0.05) is 30.8 Å². The van der Waals surface area contributed by atoms with Gasteiger partial charge in [-0.25, -0.2) is 9.37 Å². The van der Waals surface area contributed by atoms with E-state index in [1.165, 1.54) is 18.5 Å². The number of oxazole rings is 1. The molecule has 2 atom stereocenters. The summed E-state index contributed by atoms with van der Waals surface area (Å²) < 4.78 is 63.7.